The molecule has 11 heteroatoms. The predicted octanol–water partition coefficient (Wildman–Crippen LogP) is 5.88. The Hall–Kier alpha value is -2.33. The number of hydrogen-bond acceptors (Lipinski definition) is 3. The van der Waals surface area contributed by atoms with Gasteiger partial charge in [-0.2, -0.15) is 23.4 Å². The van der Waals surface area contributed by atoms with E-state index in [0.717, 1.165) is 34.3 Å². The first-order chi connectivity index (χ1) is 16.1. The molecule has 2 heterocycles. The molecule has 0 spiro atoms. The van der Waals surface area contributed by atoms with E-state index < -0.39 is 11.9 Å². The molecular formula is C23H24BrClF3N5O. The molecule has 1 aliphatic carbocycles. The van der Waals surface area contributed by atoms with Crippen LogP contribution in [0.3, 0.4) is 0 Å². The maximum absolute atomic E-state index is 13.2. The van der Waals surface area contributed by atoms with Crippen LogP contribution in [0.2, 0.25) is 5.02 Å². The van der Waals surface area contributed by atoms with Crippen molar-refractivity contribution < 1.29 is 18.0 Å². The summed E-state index contributed by atoms with van der Waals surface area (Å²) in [6.45, 7) is 4.97. The molecule has 6 nitrogen and oxygen atoms in total. The van der Waals surface area contributed by atoms with Gasteiger partial charge in [0.1, 0.15) is 0 Å². The first-order valence-corrected chi connectivity index (χ1v) is 12.1. The summed E-state index contributed by atoms with van der Waals surface area (Å²) in [4.78, 5) is 12.6. The van der Waals surface area contributed by atoms with Gasteiger partial charge in [-0.1, -0.05) is 23.7 Å². The lowest BCUT2D eigenvalue weighted by Gasteiger charge is -2.10. The van der Waals surface area contributed by atoms with E-state index in [1.807, 2.05) is 36.7 Å². The van der Waals surface area contributed by atoms with Crippen LogP contribution in [0.5, 0.6) is 0 Å². The Labute approximate surface area is 208 Å². The quantitative estimate of drug-likeness (QED) is 0.351. The number of aromatic nitrogens is 4. The average Bonchev–Trinajstić information content (AvgIpc) is 3.52. The number of benzene rings is 1. The van der Waals surface area contributed by atoms with Gasteiger partial charge in [0, 0.05) is 24.6 Å². The summed E-state index contributed by atoms with van der Waals surface area (Å²) in [6.07, 6.45) is -2.54. The standard InChI is InChI=1S/C23H24BrClF3N5O/c1-13-18(24)14(2)33(30-13)12-15-5-3-6-17(11-15)22(34)29-9-4-10-32-20(16-7-8-16)19(25)21(31-32)23(26,27)28/h3,5-6,11,16H,4,7-10,12H2,1-2H3,(H,29,34). The number of alkyl halides is 3. The fourth-order valence-electron chi connectivity index (χ4n) is 3.90. The summed E-state index contributed by atoms with van der Waals surface area (Å²) < 4.78 is 43.8. The molecule has 0 radical (unpaired) electrons. The number of nitrogens with zero attached hydrogens (tertiary/aromatic N) is 4. The molecule has 4 rings (SSSR count). The largest absolute Gasteiger partial charge is 0.436 e. The molecule has 1 N–H and O–H groups in total. The van der Waals surface area contributed by atoms with E-state index in [1.54, 1.807) is 6.07 Å². The Balaban J connectivity index is 1.35. The lowest BCUT2D eigenvalue weighted by molar-refractivity contribution is -0.141. The third-order valence-electron chi connectivity index (χ3n) is 5.81. The van der Waals surface area contributed by atoms with Crippen molar-refractivity contribution in [1.82, 2.24) is 24.9 Å². The smallest absolute Gasteiger partial charge is 0.352 e. The highest BCUT2D eigenvalue weighted by Gasteiger charge is 2.41. The Bertz CT molecular complexity index is 1220. The molecule has 1 aromatic carbocycles. The Morgan fingerprint density at radius 2 is 1.97 bits per heavy atom. The summed E-state index contributed by atoms with van der Waals surface area (Å²) in [5.41, 5.74) is 2.77. The van der Waals surface area contributed by atoms with E-state index >= 15 is 0 Å². The molecule has 0 aliphatic heterocycles. The SMILES string of the molecule is Cc1nn(Cc2cccc(C(=O)NCCCn3nc(C(F)(F)F)c(Cl)c3C3CC3)c2)c(C)c1Br. The lowest BCUT2D eigenvalue weighted by atomic mass is 10.1. The second-order valence-corrected chi connectivity index (χ2v) is 9.67. The number of amides is 1. The zero-order chi connectivity index (χ0) is 24.6. The van der Waals surface area contributed by atoms with Crippen molar-refractivity contribution in [3.63, 3.8) is 0 Å². The van der Waals surface area contributed by atoms with Gasteiger partial charge in [-0.25, -0.2) is 0 Å². The van der Waals surface area contributed by atoms with Gasteiger partial charge in [-0.3, -0.25) is 14.2 Å². The minimum atomic E-state index is -4.59. The summed E-state index contributed by atoms with van der Waals surface area (Å²) in [6, 6.07) is 7.29. The predicted molar refractivity (Wildman–Crippen MR) is 126 cm³/mol. The van der Waals surface area contributed by atoms with Crippen molar-refractivity contribution in [1.29, 1.82) is 0 Å². The van der Waals surface area contributed by atoms with Gasteiger partial charge in [0.05, 0.1) is 33.1 Å². The minimum absolute atomic E-state index is 0.0243. The fourth-order valence-corrected chi connectivity index (χ4v) is 4.58. The van der Waals surface area contributed by atoms with Crippen LogP contribution in [0.15, 0.2) is 28.7 Å². The van der Waals surface area contributed by atoms with Crippen molar-refractivity contribution in [2.45, 2.75) is 58.3 Å². The van der Waals surface area contributed by atoms with E-state index in [0.29, 0.717) is 30.8 Å². The summed E-state index contributed by atoms with van der Waals surface area (Å²) in [5, 5.41) is 10.8. The number of carbonyl (C=O) groups excluding carboxylic acids is 1. The van der Waals surface area contributed by atoms with Gasteiger partial charge in [0.15, 0.2) is 5.69 Å². The molecular weight excluding hydrogens is 535 g/mol. The first kappa shape index (κ1) is 24.8. The first-order valence-electron chi connectivity index (χ1n) is 11.0. The monoisotopic (exact) mass is 557 g/mol. The van der Waals surface area contributed by atoms with E-state index in [2.05, 4.69) is 31.4 Å². The maximum atomic E-state index is 13.2. The number of hydrogen-bond donors (Lipinski definition) is 1. The van der Waals surface area contributed by atoms with E-state index in [1.165, 1.54) is 4.68 Å². The van der Waals surface area contributed by atoms with Crippen LogP contribution < -0.4 is 5.32 Å². The van der Waals surface area contributed by atoms with Crippen LogP contribution in [0.4, 0.5) is 13.2 Å². The van der Waals surface area contributed by atoms with Gasteiger partial charge < -0.3 is 5.32 Å². The van der Waals surface area contributed by atoms with Crippen LogP contribution >= 0.6 is 27.5 Å². The van der Waals surface area contributed by atoms with Crippen molar-refractivity contribution in [3.8, 4) is 0 Å². The lowest BCUT2D eigenvalue weighted by Crippen LogP contribution is -2.25. The highest BCUT2D eigenvalue weighted by atomic mass is 79.9. The van der Waals surface area contributed by atoms with Crippen LogP contribution in [0.25, 0.3) is 0 Å². The van der Waals surface area contributed by atoms with E-state index in [4.69, 9.17) is 11.6 Å². The third-order valence-corrected chi connectivity index (χ3v) is 7.33. The Morgan fingerprint density at radius 3 is 2.59 bits per heavy atom. The summed E-state index contributed by atoms with van der Waals surface area (Å²) in [5.74, 6) is -0.218. The molecule has 0 bridgehead atoms. The van der Waals surface area contributed by atoms with Crippen molar-refractivity contribution in [2.24, 2.45) is 0 Å². The van der Waals surface area contributed by atoms with Crippen LogP contribution in [0.1, 0.15) is 63.9 Å². The third kappa shape index (κ3) is 5.33. The minimum Gasteiger partial charge on any atom is -0.352 e. The molecule has 3 aromatic rings. The van der Waals surface area contributed by atoms with Crippen molar-refractivity contribution >= 4 is 33.4 Å². The number of rotatable bonds is 8. The molecule has 182 valence electrons. The highest BCUT2D eigenvalue weighted by molar-refractivity contribution is 9.10. The van der Waals surface area contributed by atoms with Gasteiger partial charge in [-0.15, -0.1) is 0 Å². The highest BCUT2D eigenvalue weighted by Crippen LogP contribution is 2.46. The topological polar surface area (TPSA) is 64.7 Å². The van der Waals surface area contributed by atoms with Crippen molar-refractivity contribution in [3.05, 3.63) is 67.7 Å². The molecule has 34 heavy (non-hydrogen) atoms. The number of nitrogens with one attached hydrogen (secondary N) is 1. The van der Waals surface area contributed by atoms with Gasteiger partial charge in [0.2, 0.25) is 0 Å². The zero-order valence-corrected chi connectivity index (χ0v) is 21.1. The molecule has 0 unspecified atom stereocenters. The van der Waals surface area contributed by atoms with E-state index in [-0.39, 0.29) is 23.4 Å². The number of halogens is 5. The Morgan fingerprint density at radius 1 is 1.24 bits per heavy atom. The van der Waals surface area contributed by atoms with Crippen LogP contribution in [-0.2, 0) is 19.3 Å². The summed E-state index contributed by atoms with van der Waals surface area (Å²) >= 11 is 9.52. The molecule has 0 atom stereocenters. The molecule has 0 saturated heterocycles. The molecule has 2 aromatic heterocycles. The van der Waals surface area contributed by atoms with Gasteiger partial charge >= 0.3 is 6.18 Å². The van der Waals surface area contributed by atoms with Crippen molar-refractivity contribution in [2.75, 3.05) is 6.54 Å². The van der Waals surface area contributed by atoms with Gasteiger partial charge in [-0.05, 0) is 66.7 Å². The van der Waals surface area contributed by atoms with Crippen LogP contribution in [0, 0.1) is 13.8 Å². The second-order valence-electron chi connectivity index (χ2n) is 8.50. The molecule has 1 aliphatic rings. The normalized spacial score (nSPS) is 14.0. The summed E-state index contributed by atoms with van der Waals surface area (Å²) in [7, 11) is 0. The molecule has 1 fully saturated rings. The number of carbonyl (C=O) groups is 1. The molecule has 1 saturated carbocycles. The van der Waals surface area contributed by atoms with Gasteiger partial charge in [0.25, 0.3) is 5.91 Å². The molecule has 1 amide bonds. The van der Waals surface area contributed by atoms with E-state index in [9.17, 15) is 18.0 Å². The maximum Gasteiger partial charge on any atom is 0.436 e. The average molecular weight is 559 g/mol. The fraction of sp³-hybridized carbons (Fsp3) is 0.435. The van der Waals surface area contributed by atoms with Crippen LogP contribution in [-0.4, -0.2) is 32.0 Å². The number of aryl methyl sites for hydroxylation is 2. The zero-order valence-electron chi connectivity index (χ0n) is 18.7. The Kier molecular flexibility index (Phi) is 7.09. The second kappa shape index (κ2) is 9.73.